The van der Waals surface area contributed by atoms with Crippen LogP contribution in [0, 0.1) is 0 Å². The van der Waals surface area contributed by atoms with Gasteiger partial charge >= 0.3 is 0 Å². The van der Waals surface area contributed by atoms with Gasteiger partial charge in [-0.05, 0) is 44.2 Å². The number of para-hydroxylation sites is 2. The number of nitrogens with zero attached hydrogens (tertiary/aromatic N) is 2. The molecule has 1 aromatic carbocycles. The number of fused-ring (bicyclic) bond motifs is 1. The summed E-state index contributed by atoms with van der Waals surface area (Å²) in [6.07, 6.45) is 6.29. The van der Waals surface area contributed by atoms with E-state index in [0.29, 0.717) is 6.04 Å². The largest absolute Gasteiger partial charge is 0.340 e. The zero-order valence-electron chi connectivity index (χ0n) is 14.8. The second-order valence-electron chi connectivity index (χ2n) is 7.24. The Labute approximate surface area is 148 Å². The standard InChI is InChI=1S/C19H27N5O/c1-2-7-13-12-16(23-22-13)19(25)24-11-6-5-10-17(24)18-20-14-8-3-4-9-15(14)21-18/h3-4,8-9,13,16-17,22-23H,2,5-7,10-12H2,1H3,(H,20,21). The lowest BCUT2D eigenvalue weighted by Gasteiger charge is -2.36. The molecule has 3 unspecified atom stereocenters. The van der Waals surface area contributed by atoms with Crippen LogP contribution >= 0.6 is 0 Å². The highest BCUT2D eigenvalue weighted by Crippen LogP contribution is 2.31. The van der Waals surface area contributed by atoms with Crippen LogP contribution in [0.15, 0.2) is 24.3 Å². The summed E-state index contributed by atoms with van der Waals surface area (Å²) in [5.41, 5.74) is 8.51. The van der Waals surface area contributed by atoms with Gasteiger partial charge in [0.05, 0.1) is 17.1 Å². The number of amides is 1. The van der Waals surface area contributed by atoms with Gasteiger partial charge in [-0.1, -0.05) is 25.5 Å². The predicted molar refractivity (Wildman–Crippen MR) is 97.8 cm³/mol. The number of hydrogen-bond donors (Lipinski definition) is 3. The Bertz CT molecular complexity index is 709. The van der Waals surface area contributed by atoms with Crippen LogP contribution in [-0.2, 0) is 4.79 Å². The molecule has 2 fully saturated rings. The quantitative estimate of drug-likeness (QED) is 0.799. The molecule has 0 spiro atoms. The van der Waals surface area contributed by atoms with Gasteiger partial charge in [0.1, 0.15) is 11.9 Å². The normalized spacial score (nSPS) is 27.1. The van der Waals surface area contributed by atoms with E-state index in [1.165, 1.54) is 0 Å². The Hall–Kier alpha value is -1.92. The molecular weight excluding hydrogens is 314 g/mol. The molecule has 0 aliphatic carbocycles. The van der Waals surface area contributed by atoms with Crippen molar-refractivity contribution < 1.29 is 4.79 Å². The number of aromatic nitrogens is 2. The molecule has 3 heterocycles. The molecule has 2 aliphatic heterocycles. The third-order valence-electron chi connectivity index (χ3n) is 5.43. The number of benzene rings is 1. The number of hydrogen-bond acceptors (Lipinski definition) is 4. The molecule has 0 saturated carbocycles. The van der Waals surface area contributed by atoms with Crippen LogP contribution in [0.4, 0.5) is 0 Å². The van der Waals surface area contributed by atoms with Gasteiger partial charge in [0.15, 0.2) is 0 Å². The monoisotopic (exact) mass is 341 g/mol. The first-order chi connectivity index (χ1) is 12.3. The molecule has 134 valence electrons. The first kappa shape index (κ1) is 16.5. The Kier molecular flexibility index (Phi) is 4.72. The smallest absolute Gasteiger partial charge is 0.241 e. The Balaban J connectivity index is 1.53. The molecule has 25 heavy (non-hydrogen) atoms. The van der Waals surface area contributed by atoms with E-state index in [2.05, 4.69) is 22.8 Å². The number of likely N-dealkylation sites (tertiary alicyclic amines) is 1. The van der Waals surface area contributed by atoms with Crippen molar-refractivity contribution in [2.75, 3.05) is 6.54 Å². The van der Waals surface area contributed by atoms with Gasteiger partial charge in [0.25, 0.3) is 0 Å². The molecule has 1 amide bonds. The van der Waals surface area contributed by atoms with E-state index in [-0.39, 0.29) is 18.0 Å². The number of carbonyl (C=O) groups excluding carboxylic acids is 1. The fraction of sp³-hybridized carbons (Fsp3) is 0.579. The summed E-state index contributed by atoms with van der Waals surface area (Å²) in [7, 11) is 0. The van der Waals surface area contributed by atoms with Crippen LogP contribution in [0.1, 0.15) is 57.3 Å². The summed E-state index contributed by atoms with van der Waals surface area (Å²) in [4.78, 5) is 23.4. The maximum absolute atomic E-state index is 13.1. The topological polar surface area (TPSA) is 73.0 Å². The third-order valence-corrected chi connectivity index (χ3v) is 5.43. The number of rotatable bonds is 4. The molecule has 6 heteroatoms. The fourth-order valence-electron chi connectivity index (χ4n) is 4.13. The van der Waals surface area contributed by atoms with Crippen LogP contribution < -0.4 is 10.9 Å². The lowest BCUT2D eigenvalue weighted by Crippen LogP contribution is -2.48. The van der Waals surface area contributed by atoms with Crippen molar-refractivity contribution >= 4 is 16.9 Å². The Morgan fingerprint density at radius 1 is 1.28 bits per heavy atom. The highest BCUT2D eigenvalue weighted by Gasteiger charge is 2.37. The summed E-state index contributed by atoms with van der Waals surface area (Å²) in [6.45, 7) is 3.00. The number of imidazole rings is 1. The van der Waals surface area contributed by atoms with Gasteiger partial charge in [-0.15, -0.1) is 0 Å². The number of nitrogens with one attached hydrogen (secondary N) is 3. The maximum Gasteiger partial charge on any atom is 0.241 e. The molecule has 0 radical (unpaired) electrons. The number of aromatic amines is 1. The van der Waals surface area contributed by atoms with Crippen molar-refractivity contribution in [1.82, 2.24) is 25.7 Å². The van der Waals surface area contributed by atoms with Gasteiger partial charge in [0.2, 0.25) is 5.91 Å². The zero-order valence-corrected chi connectivity index (χ0v) is 14.8. The molecule has 1 aromatic heterocycles. The summed E-state index contributed by atoms with van der Waals surface area (Å²) >= 11 is 0. The first-order valence-corrected chi connectivity index (χ1v) is 9.52. The SMILES string of the molecule is CCCC1CC(C(=O)N2CCCCC2c2nc3ccccc3[nH]2)NN1. The van der Waals surface area contributed by atoms with Crippen LogP contribution in [-0.4, -0.2) is 39.4 Å². The molecule has 6 nitrogen and oxygen atoms in total. The Morgan fingerprint density at radius 2 is 2.16 bits per heavy atom. The number of piperidine rings is 1. The van der Waals surface area contributed by atoms with Crippen molar-refractivity contribution in [1.29, 1.82) is 0 Å². The summed E-state index contributed by atoms with van der Waals surface area (Å²) in [5, 5.41) is 0. The van der Waals surface area contributed by atoms with Crippen molar-refractivity contribution in [3.05, 3.63) is 30.1 Å². The molecule has 2 aliphatic rings. The van der Waals surface area contributed by atoms with Gasteiger partial charge in [-0.2, -0.15) is 0 Å². The first-order valence-electron chi connectivity index (χ1n) is 9.52. The lowest BCUT2D eigenvalue weighted by atomic mass is 9.98. The minimum absolute atomic E-state index is 0.0562. The van der Waals surface area contributed by atoms with Crippen LogP contribution in [0.5, 0.6) is 0 Å². The molecule has 3 N–H and O–H groups in total. The minimum Gasteiger partial charge on any atom is -0.340 e. The highest BCUT2D eigenvalue weighted by atomic mass is 16.2. The van der Waals surface area contributed by atoms with E-state index in [1.807, 2.05) is 29.2 Å². The van der Waals surface area contributed by atoms with Gasteiger partial charge in [-0.3, -0.25) is 10.2 Å². The van der Waals surface area contributed by atoms with Crippen molar-refractivity contribution in [2.45, 2.75) is 63.6 Å². The van der Waals surface area contributed by atoms with E-state index in [9.17, 15) is 4.79 Å². The fourth-order valence-corrected chi connectivity index (χ4v) is 4.13. The third kappa shape index (κ3) is 3.28. The van der Waals surface area contributed by atoms with E-state index >= 15 is 0 Å². The predicted octanol–water partition coefficient (Wildman–Crippen LogP) is 2.65. The summed E-state index contributed by atoms with van der Waals surface area (Å²) in [6, 6.07) is 8.39. The molecular formula is C19H27N5O. The highest BCUT2D eigenvalue weighted by molar-refractivity contribution is 5.83. The Morgan fingerprint density at radius 3 is 3.00 bits per heavy atom. The van der Waals surface area contributed by atoms with Crippen LogP contribution in [0.2, 0.25) is 0 Å². The van der Waals surface area contributed by atoms with E-state index in [0.717, 1.165) is 61.9 Å². The van der Waals surface area contributed by atoms with E-state index < -0.39 is 0 Å². The summed E-state index contributed by atoms with van der Waals surface area (Å²) < 4.78 is 0. The molecule has 0 bridgehead atoms. The van der Waals surface area contributed by atoms with Gasteiger partial charge < -0.3 is 9.88 Å². The van der Waals surface area contributed by atoms with Gasteiger partial charge in [-0.25, -0.2) is 10.4 Å². The lowest BCUT2D eigenvalue weighted by molar-refractivity contribution is -0.137. The second kappa shape index (κ2) is 7.14. The van der Waals surface area contributed by atoms with Crippen molar-refractivity contribution in [2.24, 2.45) is 0 Å². The molecule has 3 atom stereocenters. The van der Waals surface area contributed by atoms with E-state index in [4.69, 9.17) is 4.98 Å². The number of carbonyl (C=O) groups is 1. The van der Waals surface area contributed by atoms with E-state index in [1.54, 1.807) is 0 Å². The van der Waals surface area contributed by atoms with Crippen LogP contribution in [0.25, 0.3) is 11.0 Å². The molecule has 4 rings (SSSR count). The number of hydrazine groups is 1. The average molecular weight is 341 g/mol. The van der Waals surface area contributed by atoms with Crippen molar-refractivity contribution in [3.63, 3.8) is 0 Å². The number of H-pyrrole nitrogens is 1. The maximum atomic E-state index is 13.1. The minimum atomic E-state index is -0.124. The molecule has 2 aromatic rings. The van der Waals surface area contributed by atoms with Gasteiger partial charge in [0, 0.05) is 12.6 Å². The summed E-state index contributed by atoms with van der Waals surface area (Å²) in [5.74, 6) is 1.13. The molecule has 2 saturated heterocycles. The van der Waals surface area contributed by atoms with Crippen LogP contribution in [0.3, 0.4) is 0 Å². The average Bonchev–Trinajstić information content (AvgIpc) is 3.28. The zero-order chi connectivity index (χ0) is 17.2. The van der Waals surface area contributed by atoms with Crippen molar-refractivity contribution in [3.8, 4) is 0 Å². The second-order valence-corrected chi connectivity index (χ2v) is 7.24.